The molecule has 0 spiro atoms. The largest absolute Gasteiger partial charge is 0.508 e. The topological polar surface area (TPSA) is 53.4 Å². The number of aromatic nitrogens is 1. The minimum absolute atomic E-state index is 0.134. The van der Waals surface area contributed by atoms with Crippen molar-refractivity contribution in [3.63, 3.8) is 0 Å². The fourth-order valence-electron chi connectivity index (χ4n) is 1.50. The van der Waals surface area contributed by atoms with Crippen molar-refractivity contribution in [2.24, 2.45) is 0 Å². The molecule has 0 amide bonds. The van der Waals surface area contributed by atoms with E-state index in [9.17, 15) is 5.11 Å². The van der Waals surface area contributed by atoms with Crippen LogP contribution < -0.4 is 0 Å². The number of phenolic OH excluding ortho intramolecular Hbond substituents is 1. The molecule has 0 radical (unpaired) electrons. The van der Waals surface area contributed by atoms with E-state index >= 15 is 0 Å². The predicted molar refractivity (Wildman–Crippen MR) is 63.8 cm³/mol. The summed E-state index contributed by atoms with van der Waals surface area (Å²) in [5, 5.41) is 21.1. The number of nitrogens with zero attached hydrogens (tertiary/aromatic N) is 1. The van der Waals surface area contributed by atoms with Gasteiger partial charge in [-0.15, -0.1) is 11.3 Å². The number of aromatic hydroxyl groups is 1. The SMILES string of the molecule is OCCc1csc(Cc2cccc(O)c2)n1. The summed E-state index contributed by atoms with van der Waals surface area (Å²) >= 11 is 1.59. The first-order valence-electron chi connectivity index (χ1n) is 5.10. The number of aliphatic hydroxyl groups is 1. The zero-order valence-corrected chi connectivity index (χ0v) is 9.57. The minimum Gasteiger partial charge on any atom is -0.508 e. The lowest BCUT2D eigenvalue weighted by Gasteiger charge is -1.98. The maximum Gasteiger partial charge on any atom is 0.115 e. The van der Waals surface area contributed by atoms with Crippen LogP contribution >= 0.6 is 11.3 Å². The van der Waals surface area contributed by atoms with Gasteiger partial charge < -0.3 is 10.2 Å². The van der Waals surface area contributed by atoms with E-state index < -0.39 is 0 Å². The molecule has 0 aliphatic heterocycles. The molecule has 1 aromatic heterocycles. The first-order valence-corrected chi connectivity index (χ1v) is 5.98. The Bertz CT molecular complexity index is 468. The quantitative estimate of drug-likeness (QED) is 0.852. The van der Waals surface area contributed by atoms with E-state index in [1.54, 1.807) is 23.5 Å². The van der Waals surface area contributed by atoms with Crippen molar-refractivity contribution in [1.82, 2.24) is 4.98 Å². The predicted octanol–water partition coefficient (Wildman–Crippen LogP) is 1.97. The average molecular weight is 235 g/mol. The van der Waals surface area contributed by atoms with Crippen molar-refractivity contribution in [2.75, 3.05) is 6.61 Å². The number of phenols is 1. The highest BCUT2D eigenvalue weighted by Crippen LogP contribution is 2.18. The Labute approximate surface area is 98.0 Å². The lowest BCUT2D eigenvalue weighted by Crippen LogP contribution is -1.92. The summed E-state index contributed by atoms with van der Waals surface area (Å²) in [7, 11) is 0. The molecule has 84 valence electrons. The van der Waals surface area contributed by atoms with Crippen LogP contribution in [0.4, 0.5) is 0 Å². The Morgan fingerprint density at radius 1 is 1.31 bits per heavy atom. The van der Waals surface area contributed by atoms with Crippen LogP contribution in [-0.2, 0) is 12.8 Å². The van der Waals surface area contributed by atoms with Crippen molar-refractivity contribution in [3.8, 4) is 5.75 Å². The Hall–Kier alpha value is -1.39. The molecular weight excluding hydrogens is 222 g/mol. The number of benzene rings is 1. The van der Waals surface area contributed by atoms with Crippen LogP contribution in [-0.4, -0.2) is 21.8 Å². The van der Waals surface area contributed by atoms with Crippen LogP contribution in [0.5, 0.6) is 5.75 Å². The molecule has 0 aliphatic rings. The van der Waals surface area contributed by atoms with Gasteiger partial charge in [0.1, 0.15) is 5.75 Å². The van der Waals surface area contributed by atoms with Gasteiger partial charge in [-0.05, 0) is 17.7 Å². The number of aliphatic hydroxyl groups excluding tert-OH is 1. The number of thiazole rings is 1. The van der Waals surface area contributed by atoms with Crippen molar-refractivity contribution in [2.45, 2.75) is 12.8 Å². The van der Waals surface area contributed by atoms with Crippen molar-refractivity contribution in [3.05, 3.63) is 45.9 Å². The summed E-state index contributed by atoms with van der Waals surface area (Å²) < 4.78 is 0. The van der Waals surface area contributed by atoms with E-state index in [1.165, 1.54) is 0 Å². The smallest absolute Gasteiger partial charge is 0.115 e. The number of rotatable bonds is 4. The molecule has 0 atom stereocenters. The summed E-state index contributed by atoms with van der Waals surface area (Å²) in [4.78, 5) is 4.40. The fraction of sp³-hybridized carbons (Fsp3) is 0.250. The van der Waals surface area contributed by atoms with E-state index in [2.05, 4.69) is 4.98 Å². The molecule has 1 aromatic carbocycles. The standard InChI is InChI=1S/C12H13NO2S/c14-5-4-10-8-16-12(13-10)7-9-2-1-3-11(15)6-9/h1-3,6,8,14-15H,4-5,7H2. The Morgan fingerprint density at radius 2 is 2.19 bits per heavy atom. The van der Waals surface area contributed by atoms with Crippen LogP contribution in [0.3, 0.4) is 0 Å². The van der Waals surface area contributed by atoms with Crippen molar-refractivity contribution in [1.29, 1.82) is 0 Å². The molecule has 2 aromatic rings. The third kappa shape index (κ3) is 2.81. The van der Waals surface area contributed by atoms with Gasteiger partial charge in [-0.1, -0.05) is 12.1 Å². The molecule has 4 heteroatoms. The molecule has 3 nitrogen and oxygen atoms in total. The maximum atomic E-state index is 9.33. The lowest BCUT2D eigenvalue weighted by molar-refractivity contribution is 0.298. The van der Waals surface area contributed by atoms with Crippen LogP contribution in [0.1, 0.15) is 16.3 Å². The van der Waals surface area contributed by atoms with E-state index in [0.717, 1.165) is 22.7 Å². The average Bonchev–Trinajstić information content (AvgIpc) is 2.66. The van der Waals surface area contributed by atoms with Gasteiger partial charge >= 0.3 is 0 Å². The molecule has 0 aliphatic carbocycles. The maximum absolute atomic E-state index is 9.33. The molecule has 0 fully saturated rings. The van der Waals surface area contributed by atoms with Gasteiger partial charge in [-0.2, -0.15) is 0 Å². The van der Waals surface area contributed by atoms with Crippen molar-refractivity contribution < 1.29 is 10.2 Å². The summed E-state index contributed by atoms with van der Waals surface area (Å²) in [5.41, 5.74) is 1.98. The normalized spacial score (nSPS) is 10.6. The third-order valence-corrected chi connectivity index (χ3v) is 3.13. The first kappa shape index (κ1) is 11.1. The molecule has 0 saturated carbocycles. The van der Waals surface area contributed by atoms with Crippen LogP contribution in [0.25, 0.3) is 0 Å². The second kappa shape index (κ2) is 5.09. The van der Waals surface area contributed by atoms with Gasteiger partial charge in [0, 0.05) is 24.8 Å². The van der Waals surface area contributed by atoms with E-state index in [-0.39, 0.29) is 12.4 Å². The Morgan fingerprint density at radius 3 is 2.94 bits per heavy atom. The summed E-state index contributed by atoms with van der Waals surface area (Å²) in [6, 6.07) is 7.19. The zero-order chi connectivity index (χ0) is 11.4. The second-order valence-corrected chi connectivity index (χ2v) is 4.50. The molecular formula is C12H13NO2S. The van der Waals surface area contributed by atoms with Gasteiger partial charge in [0.2, 0.25) is 0 Å². The fourth-order valence-corrected chi connectivity index (χ4v) is 2.36. The highest BCUT2D eigenvalue weighted by Gasteiger charge is 2.03. The van der Waals surface area contributed by atoms with Crippen molar-refractivity contribution >= 4 is 11.3 Å². The summed E-state index contributed by atoms with van der Waals surface area (Å²) in [6.07, 6.45) is 1.33. The first-order chi connectivity index (χ1) is 7.78. The molecule has 2 N–H and O–H groups in total. The minimum atomic E-state index is 0.134. The molecule has 2 rings (SSSR count). The lowest BCUT2D eigenvalue weighted by atomic mass is 10.1. The van der Waals surface area contributed by atoms with E-state index in [4.69, 9.17) is 5.11 Å². The van der Waals surface area contributed by atoms with Gasteiger partial charge in [-0.3, -0.25) is 0 Å². The number of hydrogen-bond acceptors (Lipinski definition) is 4. The van der Waals surface area contributed by atoms with E-state index in [1.807, 2.05) is 17.5 Å². The Kier molecular flexibility index (Phi) is 3.54. The van der Waals surface area contributed by atoms with Gasteiger partial charge in [0.05, 0.1) is 10.7 Å². The highest BCUT2D eigenvalue weighted by atomic mass is 32.1. The van der Waals surface area contributed by atoms with Gasteiger partial charge in [-0.25, -0.2) is 4.98 Å². The third-order valence-electron chi connectivity index (χ3n) is 2.23. The Balaban J connectivity index is 2.08. The number of hydrogen-bond donors (Lipinski definition) is 2. The summed E-state index contributed by atoms with van der Waals surface area (Å²) in [6.45, 7) is 0.134. The van der Waals surface area contributed by atoms with Crippen LogP contribution in [0.2, 0.25) is 0 Å². The molecule has 16 heavy (non-hydrogen) atoms. The highest BCUT2D eigenvalue weighted by molar-refractivity contribution is 7.09. The zero-order valence-electron chi connectivity index (χ0n) is 8.76. The summed E-state index contributed by atoms with van der Waals surface area (Å²) in [5.74, 6) is 0.282. The molecule has 0 unspecified atom stereocenters. The van der Waals surface area contributed by atoms with Gasteiger partial charge in [0.25, 0.3) is 0 Å². The molecule has 1 heterocycles. The molecule has 0 saturated heterocycles. The van der Waals surface area contributed by atoms with Crippen LogP contribution in [0, 0.1) is 0 Å². The molecule has 0 bridgehead atoms. The van der Waals surface area contributed by atoms with Crippen LogP contribution in [0.15, 0.2) is 29.6 Å². The van der Waals surface area contributed by atoms with E-state index in [0.29, 0.717) is 6.42 Å². The second-order valence-electron chi connectivity index (χ2n) is 3.55. The van der Waals surface area contributed by atoms with Gasteiger partial charge in [0.15, 0.2) is 0 Å². The monoisotopic (exact) mass is 235 g/mol.